The zero-order valence-corrected chi connectivity index (χ0v) is 35.8. The normalized spacial score (nSPS) is 16.8. The first-order valence-electron chi connectivity index (χ1n) is 21.2. The van der Waals surface area contributed by atoms with Crippen LogP contribution in [-0.2, 0) is 69.9 Å². The predicted molar refractivity (Wildman–Crippen MR) is 225 cm³/mol. The number of ether oxygens (including phenoxy) is 6. The van der Waals surface area contributed by atoms with Gasteiger partial charge in [0.2, 0.25) is 5.60 Å². The number of unbranched alkanes of at least 4 members (excludes halogenated alkanes) is 2. The first kappa shape index (κ1) is 44.6. The van der Waals surface area contributed by atoms with E-state index in [1.807, 2.05) is 36.5 Å². The topological polar surface area (TPSA) is 155 Å². The van der Waals surface area contributed by atoms with Crippen molar-refractivity contribution in [3.05, 3.63) is 75.3 Å². The molecule has 1 unspecified atom stereocenters. The lowest BCUT2D eigenvalue weighted by molar-refractivity contribution is -0.189. The number of hydrogen-bond acceptors (Lipinski definition) is 12. The number of methoxy groups -OCH3 is 1. The third-order valence-corrected chi connectivity index (χ3v) is 12.3. The van der Waals surface area contributed by atoms with Crippen LogP contribution in [0.2, 0.25) is 0 Å². The summed E-state index contributed by atoms with van der Waals surface area (Å²) in [4.78, 5) is 45.5. The molecule has 0 spiro atoms. The van der Waals surface area contributed by atoms with E-state index in [2.05, 4.69) is 37.0 Å². The van der Waals surface area contributed by atoms with E-state index in [-0.39, 0.29) is 42.4 Å². The van der Waals surface area contributed by atoms with E-state index in [4.69, 9.17) is 39.8 Å². The van der Waals surface area contributed by atoms with E-state index >= 15 is 0 Å². The number of terminal acetylenes is 1. The minimum atomic E-state index is -1.72. The summed E-state index contributed by atoms with van der Waals surface area (Å²) in [7, 11) is 1.69. The van der Waals surface area contributed by atoms with Crippen molar-refractivity contribution < 1.29 is 38.0 Å². The zero-order valence-electron chi connectivity index (χ0n) is 35.8. The number of carbonyl (C=O) groups excluding carboxylic acids is 2. The summed E-state index contributed by atoms with van der Waals surface area (Å²) in [6.07, 6.45) is 12.1. The number of aryl methyl sites for hydroxylation is 1. The fourth-order valence-electron chi connectivity index (χ4n) is 8.18. The van der Waals surface area contributed by atoms with Gasteiger partial charge in [0.05, 0.1) is 74.9 Å². The highest BCUT2D eigenvalue weighted by molar-refractivity contribution is 5.88. The van der Waals surface area contributed by atoms with Gasteiger partial charge in [-0.3, -0.25) is 14.3 Å². The van der Waals surface area contributed by atoms with Gasteiger partial charge in [-0.2, -0.15) is 0 Å². The second kappa shape index (κ2) is 20.1. The Labute approximate surface area is 352 Å². The quantitative estimate of drug-likeness (QED) is 0.0378. The third kappa shape index (κ3) is 9.65. The molecule has 0 aliphatic carbocycles. The molecule has 0 amide bonds. The third-order valence-electron chi connectivity index (χ3n) is 12.3. The second-order valence-electron chi connectivity index (χ2n) is 16.2. The predicted octanol–water partition coefficient (Wildman–Crippen LogP) is 6.51. The minimum Gasteiger partial charge on any atom is -0.457 e. The number of carbonyl (C=O) groups is 2. The lowest BCUT2D eigenvalue weighted by Gasteiger charge is -2.35. The monoisotopic (exact) mass is 825 g/mol. The van der Waals surface area contributed by atoms with Crippen molar-refractivity contribution in [2.24, 2.45) is 10.8 Å². The Morgan fingerprint density at radius 1 is 0.950 bits per heavy atom. The maximum atomic E-state index is 13.8. The fourth-order valence-corrected chi connectivity index (χ4v) is 8.18. The summed E-state index contributed by atoms with van der Waals surface area (Å²) < 4.78 is 38.7. The number of cyclic esters (lactones) is 1. The summed E-state index contributed by atoms with van der Waals surface area (Å²) >= 11 is 0. The fraction of sp³-hybridized carbons (Fsp3) is 0.565. The lowest BCUT2D eigenvalue weighted by atomic mass is 9.83. The molecule has 0 saturated heterocycles. The van der Waals surface area contributed by atoms with E-state index in [1.54, 1.807) is 29.3 Å². The smallest absolute Gasteiger partial charge is 0.355 e. The largest absolute Gasteiger partial charge is 0.457 e. The second-order valence-corrected chi connectivity index (χ2v) is 16.2. The number of hydrogen-bond donors (Lipinski definition) is 0. The van der Waals surface area contributed by atoms with Gasteiger partial charge in [0, 0.05) is 47.4 Å². The van der Waals surface area contributed by atoms with Crippen LogP contribution in [0.5, 0.6) is 0 Å². The molecule has 322 valence electrons. The van der Waals surface area contributed by atoms with Crippen LogP contribution in [0.4, 0.5) is 0 Å². The summed E-state index contributed by atoms with van der Waals surface area (Å²) in [5.41, 5.74) is 2.02. The molecule has 0 bridgehead atoms. The molecule has 1 aromatic carbocycles. The highest BCUT2D eigenvalue weighted by Gasteiger charge is 2.50. The molecule has 60 heavy (non-hydrogen) atoms. The van der Waals surface area contributed by atoms with Crippen LogP contribution in [0.1, 0.15) is 101 Å². The van der Waals surface area contributed by atoms with Gasteiger partial charge in [-0.25, -0.2) is 9.78 Å². The van der Waals surface area contributed by atoms with Crippen molar-refractivity contribution in [3.63, 3.8) is 0 Å². The average molecular weight is 826 g/mol. The molecular formula is C46H59N5O9. The van der Waals surface area contributed by atoms with Crippen molar-refractivity contribution >= 4 is 22.8 Å². The Morgan fingerprint density at radius 3 is 2.45 bits per heavy atom. The van der Waals surface area contributed by atoms with Gasteiger partial charge >= 0.3 is 11.9 Å². The SMILES string of the molecule is C#CCOCC(CC)(COC)COCC(CC)(CC)COCc1cn(CCCCCC(=O)O[C@]2(CC)C(=O)OCc3c2cc2n(c3=O)Cc3cc4ccccc4nc3-2)nn1. The molecule has 3 aromatic heterocycles. The van der Waals surface area contributed by atoms with E-state index < -0.39 is 17.5 Å². The molecule has 0 radical (unpaired) electrons. The van der Waals surface area contributed by atoms with Crippen molar-refractivity contribution in [2.75, 3.05) is 46.8 Å². The van der Waals surface area contributed by atoms with Gasteiger partial charge < -0.3 is 33.0 Å². The summed E-state index contributed by atoms with van der Waals surface area (Å²) in [6.45, 7) is 12.1. The van der Waals surface area contributed by atoms with Gasteiger partial charge in [-0.1, -0.05) is 63.4 Å². The molecule has 6 rings (SSSR count). The number of para-hydroxylation sites is 1. The van der Waals surface area contributed by atoms with E-state index in [0.29, 0.717) is 81.7 Å². The minimum absolute atomic E-state index is 0.104. The lowest BCUT2D eigenvalue weighted by Crippen LogP contribution is -2.47. The number of nitrogens with zero attached hydrogens (tertiary/aromatic N) is 5. The molecule has 2 aliphatic heterocycles. The molecule has 5 heterocycles. The van der Waals surface area contributed by atoms with E-state index in [9.17, 15) is 14.4 Å². The summed E-state index contributed by atoms with van der Waals surface area (Å²) in [5.74, 6) is 1.32. The molecule has 0 fully saturated rings. The zero-order chi connectivity index (χ0) is 42.8. The Hall–Kier alpha value is -4.94. The van der Waals surface area contributed by atoms with Crippen LogP contribution in [0.3, 0.4) is 0 Å². The first-order chi connectivity index (χ1) is 29.1. The Bertz CT molecular complexity index is 2220. The number of aromatic nitrogens is 5. The van der Waals surface area contributed by atoms with E-state index in [0.717, 1.165) is 54.3 Å². The Kier molecular flexibility index (Phi) is 14.9. The average Bonchev–Trinajstić information content (AvgIpc) is 3.87. The van der Waals surface area contributed by atoms with Crippen LogP contribution in [0, 0.1) is 23.2 Å². The highest BCUT2D eigenvalue weighted by atomic mass is 16.6. The molecular weight excluding hydrogens is 767 g/mol. The number of rotatable bonds is 24. The van der Waals surface area contributed by atoms with Crippen LogP contribution in [0.25, 0.3) is 22.3 Å². The molecule has 2 aliphatic rings. The van der Waals surface area contributed by atoms with E-state index in [1.165, 1.54) is 0 Å². The first-order valence-corrected chi connectivity index (χ1v) is 21.2. The van der Waals surface area contributed by atoms with Gasteiger partial charge in [0.15, 0.2) is 0 Å². The van der Waals surface area contributed by atoms with Gasteiger partial charge in [-0.15, -0.1) is 11.5 Å². The van der Waals surface area contributed by atoms with Crippen LogP contribution >= 0.6 is 0 Å². The molecule has 2 atom stereocenters. The van der Waals surface area contributed by atoms with Gasteiger partial charge in [0.1, 0.15) is 18.9 Å². The van der Waals surface area contributed by atoms with Crippen LogP contribution in [0.15, 0.2) is 47.4 Å². The molecule has 0 N–H and O–H groups in total. The van der Waals surface area contributed by atoms with Crippen LogP contribution in [-0.4, -0.2) is 83.2 Å². The maximum Gasteiger partial charge on any atom is 0.355 e. The Balaban J connectivity index is 0.977. The Morgan fingerprint density at radius 2 is 1.70 bits per heavy atom. The molecule has 0 saturated carbocycles. The van der Waals surface area contributed by atoms with Crippen molar-refractivity contribution in [3.8, 4) is 23.7 Å². The highest BCUT2D eigenvalue weighted by Crippen LogP contribution is 2.41. The standard InChI is InChI=1S/C46H59N5O9/c1-7-21-56-31-45(10-4,28-55-6)32-58-30-44(8-2,9-3)29-57-26-35-25-50(49-48-35)20-16-12-13-19-40(52)60-46(11-5)37-23-39-41-34(22-33-17-14-15-18-38(33)47-41)24-51(39)42(53)36(37)27-59-43(46)54/h1,14-15,17-18,22-23,25H,8-13,16,19-21,24,26-32H2,2-6H3/t45?,46-/m0/s1. The number of esters is 2. The number of benzene rings is 1. The van der Waals surface area contributed by atoms with Gasteiger partial charge in [-0.05, 0) is 56.7 Å². The number of pyridine rings is 2. The van der Waals surface area contributed by atoms with Crippen molar-refractivity contribution in [1.82, 2.24) is 24.5 Å². The molecule has 14 nitrogen and oxygen atoms in total. The number of fused-ring (bicyclic) bond motifs is 5. The van der Waals surface area contributed by atoms with Gasteiger partial charge in [0.25, 0.3) is 5.56 Å². The van der Waals surface area contributed by atoms with Crippen molar-refractivity contribution in [2.45, 2.75) is 111 Å². The van der Waals surface area contributed by atoms with Crippen LogP contribution < -0.4 is 5.56 Å². The summed E-state index contributed by atoms with van der Waals surface area (Å²) in [5, 5.41) is 9.57. The molecule has 4 aromatic rings. The van der Waals surface area contributed by atoms with Crippen molar-refractivity contribution in [1.29, 1.82) is 0 Å². The molecule has 14 heteroatoms. The summed E-state index contributed by atoms with van der Waals surface area (Å²) in [6, 6.07) is 11.6. The maximum absolute atomic E-state index is 13.8.